The maximum absolute atomic E-state index is 9.91. The van der Waals surface area contributed by atoms with E-state index in [1.807, 2.05) is 44.2 Å². The number of aliphatic hydroxyl groups excluding tert-OH is 2. The van der Waals surface area contributed by atoms with Crippen molar-refractivity contribution in [1.29, 1.82) is 0 Å². The van der Waals surface area contributed by atoms with E-state index in [1.165, 1.54) is 0 Å². The minimum absolute atomic E-state index is 0.375. The molecule has 1 aromatic carbocycles. The first-order valence-corrected chi connectivity index (χ1v) is 7.46. The summed E-state index contributed by atoms with van der Waals surface area (Å²) in [5, 5.41) is 19.1. The maximum atomic E-state index is 9.91. The average Bonchev–Trinajstić information content (AvgIpc) is 2.99. The molecule has 0 bridgehead atoms. The fraction of sp³-hybridized carbons (Fsp3) is 0.625. The van der Waals surface area contributed by atoms with E-state index in [-0.39, 0.29) is 0 Å². The SMILES string of the molecule is CC1(C)O[C@@H]2[C@H]([C@H](O)CO)O[C@@H](OCc3ccccc3)[C@@H]2O1. The summed E-state index contributed by atoms with van der Waals surface area (Å²) < 4.78 is 23.1. The summed E-state index contributed by atoms with van der Waals surface area (Å²) in [5.74, 6) is -0.763. The number of hydrogen-bond donors (Lipinski definition) is 2. The highest BCUT2D eigenvalue weighted by molar-refractivity contribution is 5.13. The van der Waals surface area contributed by atoms with Crippen LogP contribution in [0, 0.1) is 0 Å². The summed E-state index contributed by atoms with van der Waals surface area (Å²) in [6, 6.07) is 9.74. The van der Waals surface area contributed by atoms with E-state index in [4.69, 9.17) is 18.9 Å². The molecule has 2 fully saturated rings. The van der Waals surface area contributed by atoms with Gasteiger partial charge in [0, 0.05) is 0 Å². The van der Waals surface area contributed by atoms with Gasteiger partial charge in [0.15, 0.2) is 12.1 Å². The number of aliphatic hydroxyl groups is 2. The third-order valence-corrected chi connectivity index (χ3v) is 3.87. The first-order chi connectivity index (χ1) is 10.5. The lowest BCUT2D eigenvalue weighted by atomic mass is 10.1. The number of rotatable bonds is 5. The van der Waals surface area contributed by atoms with Gasteiger partial charge in [-0.15, -0.1) is 0 Å². The van der Waals surface area contributed by atoms with Crippen molar-refractivity contribution in [2.24, 2.45) is 0 Å². The lowest BCUT2D eigenvalue weighted by Gasteiger charge is -2.25. The highest BCUT2D eigenvalue weighted by Gasteiger charge is 2.57. The van der Waals surface area contributed by atoms with Crippen LogP contribution < -0.4 is 0 Å². The Morgan fingerprint density at radius 2 is 1.86 bits per heavy atom. The third kappa shape index (κ3) is 3.17. The van der Waals surface area contributed by atoms with Crippen LogP contribution in [0.3, 0.4) is 0 Å². The van der Waals surface area contributed by atoms with Crippen LogP contribution in [-0.2, 0) is 25.6 Å². The molecular weight excluding hydrogens is 288 g/mol. The molecule has 0 aliphatic carbocycles. The van der Waals surface area contributed by atoms with Crippen LogP contribution in [0.1, 0.15) is 19.4 Å². The van der Waals surface area contributed by atoms with Crippen LogP contribution in [0.5, 0.6) is 0 Å². The van der Waals surface area contributed by atoms with Gasteiger partial charge in [-0.2, -0.15) is 0 Å². The first-order valence-electron chi connectivity index (χ1n) is 7.46. The van der Waals surface area contributed by atoms with Gasteiger partial charge in [0.1, 0.15) is 24.4 Å². The van der Waals surface area contributed by atoms with Crippen molar-refractivity contribution < 1.29 is 29.2 Å². The second-order valence-corrected chi connectivity index (χ2v) is 6.08. The Labute approximate surface area is 129 Å². The fourth-order valence-electron chi connectivity index (χ4n) is 2.89. The monoisotopic (exact) mass is 310 g/mol. The van der Waals surface area contributed by atoms with Gasteiger partial charge in [0.2, 0.25) is 0 Å². The smallest absolute Gasteiger partial charge is 0.187 e. The van der Waals surface area contributed by atoms with Crippen LogP contribution >= 0.6 is 0 Å². The molecular formula is C16H22O6. The van der Waals surface area contributed by atoms with Crippen molar-refractivity contribution in [3.05, 3.63) is 35.9 Å². The minimum atomic E-state index is -1.03. The van der Waals surface area contributed by atoms with Crippen LogP contribution in [0.15, 0.2) is 30.3 Å². The van der Waals surface area contributed by atoms with Gasteiger partial charge in [0.05, 0.1) is 13.2 Å². The standard InChI is InChI=1S/C16H22O6/c1-16(2)21-13-12(11(18)8-17)20-15(14(13)22-16)19-9-10-6-4-3-5-7-10/h3-7,11-15,17-18H,8-9H2,1-2H3/t11-,12+,13-,14-,15-/m1/s1. The first kappa shape index (κ1) is 15.9. The predicted octanol–water partition coefficient (Wildman–Crippen LogP) is 0.801. The summed E-state index contributed by atoms with van der Waals surface area (Å²) in [4.78, 5) is 0. The van der Waals surface area contributed by atoms with E-state index >= 15 is 0 Å². The van der Waals surface area contributed by atoms with Crippen LogP contribution in [-0.4, -0.2) is 53.3 Å². The molecule has 2 heterocycles. The average molecular weight is 310 g/mol. The van der Waals surface area contributed by atoms with Gasteiger partial charge in [-0.05, 0) is 19.4 Å². The lowest BCUT2D eigenvalue weighted by molar-refractivity contribution is -0.247. The Bertz CT molecular complexity index is 491. The normalized spacial score (nSPS) is 34.5. The number of hydrogen-bond acceptors (Lipinski definition) is 6. The summed E-state index contributed by atoms with van der Waals surface area (Å²) >= 11 is 0. The molecule has 2 aliphatic rings. The van der Waals surface area contributed by atoms with E-state index in [9.17, 15) is 10.2 Å². The highest BCUT2D eigenvalue weighted by Crippen LogP contribution is 2.40. The van der Waals surface area contributed by atoms with Crippen LogP contribution in [0.2, 0.25) is 0 Å². The van der Waals surface area contributed by atoms with E-state index in [1.54, 1.807) is 0 Å². The molecule has 0 saturated carbocycles. The zero-order valence-corrected chi connectivity index (χ0v) is 12.7. The molecule has 0 radical (unpaired) electrons. The van der Waals surface area contributed by atoms with Gasteiger partial charge < -0.3 is 29.2 Å². The van der Waals surface area contributed by atoms with E-state index in [2.05, 4.69) is 0 Å². The molecule has 0 aromatic heterocycles. The van der Waals surface area contributed by atoms with Gasteiger partial charge in [-0.3, -0.25) is 0 Å². The van der Waals surface area contributed by atoms with Crippen molar-refractivity contribution in [1.82, 2.24) is 0 Å². The van der Waals surface area contributed by atoms with Gasteiger partial charge in [-0.25, -0.2) is 0 Å². The molecule has 6 nitrogen and oxygen atoms in total. The number of ether oxygens (including phenoxy) is 4. The summed E-state index contributed by atoms with van der Waals surface area (Å²) in [6.45, 7) is 3.59. The summed E-state index contributed by atoms with van der Waals surface area (Å²) in [7, 11) is 0. The van der Waals surface area contributed by atoms with Crippen molar-refractivity contribution in [2.75, 3.05) is 6.61 Å². The Morgan fingerprint density at radius 1 is 1.18 bits per heavy atom. The summed E-state index contributed by atoms with van der Waals surface area (Å²) in [5.41, 5.74) is 1.02. The van der Waals surface area contributed by atoms with Crippen LogP contribution in [0.25, 0.3) is 0 Å². The highest BCUT2D eigenvalue weighted by atomic mass is 16.8. The Hall–Kier alpha value is -1.02. The van der Waals surface area contributed by atoms with Crippen molar-refractivity contribution in [3.63, 3.8) is 0 Å². The summed E-state index contributed by atoms with van der Waals surface area (Å²) in [6.07, 6.45) is -3.23. The second-order valence-electron chi connectivity index (χ2n) is 6.08. The molecule has 0 spiro atoms. The fourth-order valence-corrected chi connectivity index (χ4v) is 2.89. The molecule has 122 valence electrons. The van der Waals surface area contributed by atoms with Gasteiger partial charge in [-0.1, -0.05) is 30.3 Å². The van der Waals surface area contributed by atoms with Gasteiger partial charge >= 0.3 is 0 Å². The van der Waals surface area contributed by atoms with Crippen molar-refractivity contribution in [3.8, 4) is 0 Å². The zero-order chi connectivity index (χ0) is 15.7. The maximum Gasteiger partial charge on any atom is 0.187 e. The van der Waals surface area contributed by atoms with Crippen molar-refractivity contribution in [2.45, 2.75) is 56.9 Å². The van der Waals surface area contributed by atoms with Crippen LogP contribution in [0.4, 0.5) is 0 Å². The zero-order valence-electron chi connectivity index (χ0n) is 12.7. The quantitative estimate of drug-likeness (QED) is 0.838. The Balaban J connectivity index is 1.69. The van der Waals surface area contributed by atoms with E-state index in [0.717, 1.165) is 5.56 Å². The van der Waals surface area contributed by atoms with E-state index < -0.39 is 43.1 Å². The van der Waals surface area contributed by atoms with Crippen molar-refractivity contribution >= 4 is 0 Å². The molecule has 22 heavy (non-hydrogen) atoms. The molecule has 2 N–H and O–H groups in total. The second kappa shape index (κ2) is 6.23. The topological polar surface area (TPSA) is 77.4 Å². The largest absolute Gasteiger partial charge is 0.394 e. The molecule has 5 atom stereocenters. The van der Waals surface area contributed by atoms with Gasteiger partial charge in [0.25, 0.3) is 0 Å². The predicted molar refractivity (Wildman–Crippen MR) is 76.8 cm³/mol. The molecule has 1 aromatic rings. The van der Waals surface area contributed by atoms with E-state index in [0.29, 0.717) is 6.61 Å². The molecule has 2 saturated heterocycles. The molecule has 0 amide bonds. The molecule has 2 aliphatic heterocycles. The molecule has 3 rings (SSSR count). The Kier molecular flexibility index (Phi) is 4.49. The minimum Gasteiger partial charge on any atom is -0.394 e. The molecule has 6 heteroatoms. The molecule has 0 unspecified atom stereocenters. The number of fused-ring (bicyclic) bond motifs is 1. The lowest BCUT2D eigenvalue weighted by Crippen LogP contribution is -2.40. The Morgan fingerprint density at radius 3 is 2.55 bits per heavy atom. The number of benzene rings is 1. The third-order valence-electron chi connectivity index (χ3n) is 3.87.